The number of hydrogen-bond donors (Lipinski definition) is 0. The number of ether oxygens (including phenoxy) is 2. The van der Waals surface area contributed by atoms with Crippen LogP contribution in [0, 0.1) is 6.07 Å². The van der Waals surface area contributed by atoms with Crippen molar-refractivity contribution in [2.24, 2.45) is 0 Å². The first-order chi connectivity index (χ1) is 6.43. The molecule has 0 saturated carbocycles. The molecular weight excluding hydrogens is 173 g/mol. The van der Waals surface area contributed by atoms with Gasteiger partial charge in [-0.3, -0.25) is 0 Å². The Bertz CT molecular complexity index is 218. The van der Waals surface area contributed by atoms with Crippen LogP contribution in [0.4, 0.5) is 4.39 Å². The second-order valence-corrected chi connectivity index (χ2v) is 2.25. The smallest absolute Gasteiger partial charge is 0.213 e. The first-order valence-corrected chi connectivity index (χ1v) is 4.02. The molecule has 71 valence electrons. The molecule has 0 atom stereocenters. The van der Waals surface area contributed by atoms with E-state index >= 15 is 0 Å². The van der Waals surface area contributed by atoms with Crippen molar-refractivity contribution in [1.29, 1.82) is 0 Å². The summed E-state index contributed by atoms with van der Waals surface area (Å²) in [5.74, 6) is 0.530. The summed E-state index contributed by atoms with van der Waals surface area (Å²) < 4.78 is 21.6. The van der Waals surface area contributed by atoms with Gasteiger partial charge < -0.3 is 9.47 Å². The first-order valence-electron chi connectivity index (χ1n) is 4.02. The van der Waals surface area contributed by atoms with E-state index in [0.29, 0.717) is 19.1 Å². The molecule has 0 amide bonds. The van der Waals surface area contributed by atoms with Crippen LogP contribution in [-0.2, 0) is 4.74 Å². The molecule has 0 fully saturated rings. The predicted molar refractivity (Wildman–Crippen MR) is 45.4 cm³/mol. The zero-order valence-electron chi connectivity index (χ0n) is 7.20. The van der Waals surface area contributed by atoms with Gasteiger partial charge in [0, 0.05) is 18.3 Å². The van der Waals surface area contributed by atoms with Crippen molar-refractivity contribution in [3.8, 4) is 5.88 Å². The molecule has 1 aromatic rings. The second-order valence-electron chi connectivity index (χ2n) is 2.25. The predicted octanol–water partition coefficient (Wildman–Crippen LogP) is 1.25. The van der Waals surface area contributed by atoms with Gasteiger partial charge in [0.15, 0.2) is 0 Å². The third-order valence-corrected chi connectivity index (χ3v) is 1.29. The van der Waals surface area contributed by atoms with Crippen molar-refractivity contribution in [3.63, 3.8) is 0 Å². The maximum atomic E-state index is 11.6. The molecule has 3 nitrogen and oxygen atoms in total. The molecule has 0 aliphatic rings. The van der Waals surface area contributed by atoms with Gasteiger partial charge in [0.05, 0.1) is 13.2 Å². The molecule has 1 aromatic heterocycles. The summed E-state index contributed by atoms with van der Waals surface area (Å²) in [6, 6.07) is 6.19. The van der Waals surface area contributed by atoms with Crippen LogP contribution in [0.2, 0.25) is 0 Å². The Hall–Kier alpha value is -1.16. The van der Waals surface area contributed by atoms with Crippen LogP contribution in [0.1, 0.15) is 0 Å². The Kier molecular flexibility index (Phi) is 4.86. The second kappa shape index (κ2) is 6.37. The van der Waals surface area contributed by atoms with Crippen molar-refractivity contribution in [2.75, 3.05) is 26.5 Å². The van der Waals surface area contributed by atoms with Crippen LogP contribution >= 0.6 is 0 Å². The average molecular weight is 184 g/mol. The average Bonchev–Trinajstić information content (AvgIpc) is 2.19. The first kappa shape index (κ1) is 9.92. The van der Waals surface area contributed by atoms with Crippen molar-refractivity contribution in [1.82, 2.24) is 4.98 Å². The Balaban J connectivity index is 2.07. The molecule has 0 unspecified atom stereocenters. The molecule has 0 N–H and O–H groups in total. The summed E-state index contributed by atoms with van der Waals surface area (Å²) in [7, 11) is 0. The molecule has 0 aromatic carbocycles. The zero-order valence-corrected chi connectivity index (χ0v) is 7.20. The maximum Gasteiger partial charge on any atom is 0.213 e. The SMILES string of the molecule is FCCOCCOc1cc[c]cn1. The molecule has 1 radical (unpaired) electrons. The molecule has 4 heteroatoms. The Labute approximate surface area is 76.5 Å². The van der Waals surface area contributed by atoms with Gasteiger partial charge in [0.2, 0.25) is 5.88 Å². The number of alkyl halides is 1. The maximum absolute atomic E-state index is 11.6. The standard InChI is InChI=1S/C9H11FNO2/c10-4-6-12-7-8-13-9-3-1-2-5-11-9/h1,3,5H,4,6-8H2. The summed E-state index contributed by atoms with van der Waals surface area (Å²) in [5, 5.41) is 0. The van der Waals surface area contributed by atoms with Crippen molar-refractivity contribution in [3.05, 3.63) is 24.4 Å². The van der Waals surface area contributed by atoms with Crippen LogP contribution in [0.3, 0.4) is 0 Å². The van der Waals surface area contributed by atoms with Gasteiger partial charge in [-0.1, -0.05) is 0 Å². The molecular formula is C9H11FNO2. The van der Waals surface area contributed by atoms with E-state index in [4.69, 9.17) is 9.47 Å². The zero-order chi connectivity index (χ0) is 9.36. The van der Waals surface area contributed by atoms with Gasteiger partial charge in [-0.05, 0) is 6.07 Å². The third-order valence-electron chi connectivity index (χ3n) is 1.29. The number of halogens is 1. The molecule has 1 heterocycles. The van der Waals surface area contributed by atoms with Gasteiger partial charge >= 0.3 is 0 Å². The van der Waals surface area contributed by atoms with E-state index in [1.807, 2.05) is 0 Å². The van der Waals surface area contributed by atoms with E-state index in [1.165, 1.54) is 6.20 Å². The van der Waals surface area contributed by atoms with Crippen LogP contribution in [-0.4, -0.2) is 31.5 Å². The summed E-state index contributed by atoms with van der Waals surface area (Å²) in [6.07, 6.45) is 1.53. The number of nitrogens with zero attached hydrogens (tertiary/aromatic N) is 1. The number of pyridine rings is 1. The third kappa shape index (κ3) is 4.42. The summed E-state index contributed by atoms with van der Waals surface area (Å²) >= 11 is 0. The van der Waals surface area contributed by atoms with Crippen molar-refractivity contribution < 1.29 is 13.9 Å². The lowest BCUT2D eigenvalue weighted by molar-refractivity contribution is 0.0883. The molecule has 0 saturated heterocycles. The fourth-order valence-electron chi connectivity index (χ4n) is 0.754. The number of hydrogen-bond acceptors (Lipinski definition) is 3. The van der Waals surface area contributed by atoms with E-state index < -0.39 is 6.67 Å². The minimum atomic E-state index is -0.460. The van der Waals surface area contributed by atoms with Gasteiger partial charge in [0.1, 0.15) is 13.3 Å². The number of rotatable bonds is 6. The topological polar surface area (TPSA) is 31.4 Å². The molecule has 13 heavy (non-hydrogen) atoms. The highest BCUT2D eigenvalue weighted by Gasteiger charge is 1.92. The molecule has 0 spiro atoms. The van der Waals surface area contributed by atoms with Gasteiger partial charge in [-0.25, -0.2) is 9.37 Å². The van der Waals surface area contributed by atoms with E-state index in [2.05, 4.69) is 11.1 Å². The largest absolute Gasteiger partial charge is 0.475 e. The minimum Gasteiger partial charge on any atom is -0.475 e. The summed E-state index contributed by atoms with van der Waals surface area (Å²) in [5.41, 5.74) is 0. The minimum absolute atomic E-state index is 0.124. The Morgan fingerprint density at radius 3 is 3.00 bits per heavy atom. The van der Waals surface area contributed by atoms with Crippen molar-refractivity contribution in [2.45, 2.75) is 0 Å². The normalized spacial score (nSPS) is 9.92. The number of aromatic nitrogens is 1. The lowest BCUT2D eigenvalue weighted by Crippen LogP contribution is -2.08. The van der Waals surface area contributed by atoms with E-state index in [9.17, 15) is 4.39 Å². The lowest BCUT2D eigenvalue weighted by Gasteiger charge is -2.04. The molecule has 1 rings (SSSR count). The van der Waals surface area contributed by atoms with E-state index in [-0.39, 0.29) is 6.61 Å². The lowest BCUT2D eigenvalue weighted by atomic mass is 10.5. The van der Waals surface area contributed by atoms with Crippen LogP contribution in [0.25, 0.3) is 0 Å². The van der Waals surface area contributed by atoms with Gasteiger partial charge in [-0.15, -0.1) is 0 Å². The fraction of sp³-hybridized carbons (Fsp3) is 0.444. The highest BCUT2D eigenvalue weighted by atomic mass is 19.1. The molecule has 0 bridgehead atoms. The van der Waals surface area contributed by atoms with Crippen LogP contribution < -0.4 is 4.74 Å². The summed E-state index contributed by atoms with van der Waals surface area (Å²) in [6.45, 7) is 0.430. The fourth-order valence-corrected chi connectivity index (χ4v) is 0.754. The van der Waals surface area contributed by atoms with E-state index in [1.54, 1.807) is 12.1 Å². The summed E-state index contributed by atoms with van der Waals surface area (Å²) in [4.78, 5) is 3.89. The highest BCUT2D eigenvalue weighted by Crippen LogP contribution is 2.01. The molecule has 0 aliphatic carbocycles. The van der Waals surface area contributed by atoms with Crippen LogP contribution in [0.5, 0.6) is 5.88 Å². The molecule has 0 aliphatic heterocycles. The Morgan fingerprint density at radius 2 is 2.31 bits per heavy atom. The van der Waals surface area contributed by atoms with Crippen LogP contribution in [0.15, 0.2) is 18.3 Å². The van der Waals surface area contributed by atoms with Gasteiger partial charge in [0.25, 0.3) is 0 Å². The van der Waals surface area contributed by atoms with Gasteiger partial charge in [-0.2, -0.15) is 0 Å². The highest BCUT2D eigenvalue weighted by molar-refractivity contribution is 5.08. The Morgan fingerprint density at radius 1 is 1.38 bits per heavy atom. The monoisotopic (exact) mass is 184 g/mol. The quantitative estimate of drug-likeness (QED) is 0.623. The van der Waals surface area contributed by atoms with Crippen molar-refractivity contribution >= 4 is 0 Å². The van der Waals surface area contributed by atoms with E-state index in [0.717, 1.165) is 0 Å².